The molecule has 2 atom stereocenters. The van der Waals surface area contributed by atoms with Crippen LogP contribution in [0.15, 0.2) is 40.0 Å². The Hall–Kier alpha value is -2.98. The Bertz CT molecular complexity index is 1210. The standard InChI is InChI=1S/C20H22N4O5S/c1-11-4-3-5-12(2)24(11)30(28,29)14-8-6-13(7-9-14)23-16(25)10-15-17(18(23)21)20(27)22-19(15)26/h6-12H,3-5,21H2,1-2H3,(H,22,26,27). The molecule has 0 spiro atoms. The van der Waals surface area contributed by atoms with Crippen LogP contribution in [0.2, 0.25) is 0 Å². The van der Waals surface area contributed by atoms with Gasteiger partial charge in [0.1, 0.15) is 5.82 Å². The lowest BCUT2D eigenvalue weighted by molar-refractivity contribution is 0.0880. The zero-order valence-corrected chi connectivity index (χ0v) is 17.4. The van der Waals surface area contributed by atoms with E-state index in [0.29, 0.717) is 5.69 Å². The highest BCUT2D eigenvalue weighted by Crippen LogP contribution is 2.30. The van der Waals surface area contributed by atoms with E-state index in [1.807, 2.05) is 13.8 Å². The normalized spacial score (nSPS) is 22.1. The summed E-state index contributed by atoms with van der Waals surface area (Å²) in [6, 6.07) is 6.63. The minimum Gasteiger partial charge on any atom is -0.384 e. The highest BCUT2D eigenvalue weighted by atomic mass is 32.2. The lowest BCUT2D eigenvalue weighted by Gasteiger charge is -2.37. The number of sulfonamides is 1. The van der Waals surface area contributed by atoms with Crippen molar-refractivity contribution in [2.24, 2.45) is 0 Å². The molecule has 1 aromatic heterocycles. The van der Waals surface area contributed by atoms with Crippen molar-refractivity contribution in [3.8, 4) is 5.69 Å². The van der Waals surface area contributed by atoms with Gasteiger partial charge < -0.3 is 5.73 Å². The first-order chi connectivity index (χ1) is 14.1. The van der Waals surface area contributed by atoms with Gasteiger partial charge in [-0.1, -0.05) is 6.42 Å². The highest BCUT2D eigenvalue weighted by Gasteiger charge is 2.36. The lowest BCUT2D eigenvalue weighted by atomic mass is 10.0. The van der Waals surface area contributed by atoms with Crippen LogP contribution in [-0.2, 0) is 10.0 Å². The quantitative estimate of drug-likeness (QED) is 0.705. The second-order valence-electron chi connectivity index (χ2n) is 7.73. The lowest BCUT2D eigenvalue weighted by Crippen LogP contribution is -2.47. The van der Waals surface area contributed by atoms with E-state index >= 15 is 0 Å². The molecule has 9 nitrogen and oxygen atoms in total. The molecule has 2 amide bonds. The molecule has 0 radical (unpaired) electrons. The first-order valence-corrected chi connectivity index (χ1v) is 11.1. The second kappa shape index (κ2) is 7.06. The minimum atomic E-state index is -3.70. The SMILES string of the molecule is CC1CCCC(C)N1S(=O)(=O)c1ccc(-n2c(N)c3c(cc2=O)C(=O)NC3=O)cc1. The second-order valence-corrected chi connectivity index (χ2v) is 9.58. The fourth-order valence-corrected chi connectivity index (χ4v) is 6.19. The summed E-state index contributed by atoms with van der Waals surface area (Å²) < 4.78 is 29.0. The molecule has 1 aromatic carbocycles. The fourth-order valence-electron chi connectivity index (χ4n) is 4.31. The molecule has 1 saturated heterocycles. The maximum atomic E-state index is 13.2. The Kier molecular flexibility index (Phi) is 4.78. The molecule has 0 bridgehead atoms. The first kappa shape index (κ1) is 20.3. The molecular weight excluding hydrogens is 408 g/mol. The van der Waals surface area contributed by atoms with Crippen LogP contribution in [-0.4, -0.2) is 41.2 Å². The third-order valence-electron chi connectivity index (χ3n) is 5.74. The molecule has 0 aliphatic carbocycles. The van der Waals surface area contributed by atoms with Crippen LogP contribution in [0.4, 0.5) is 5.82 Å². The molecule has 30 heavy (non-hydrogen) atoms. The van der Waals surface area contributed by atoms with Crippen LogP contribution in [0.25, 0.3) is 5.69 Å². The van der Waals surface area contributed by atoms with Crippen molar-refractivity contribution in [2.75, 3.05) is 5.73 Å². The number of hydrogen-bond donors (Lipinski definition) is 2. The zero-order chi connectivity index (χ0) is 21.8. The van der Waals surface area contributed by atoms with Crippen molar-refractivity contribution in [1.82, 2.24) is 14.2 Å². The van der Waals surface area contributed by atoms with Crippen LogP contribution in [0.1, 0.15) is 53.8 Å². The number of piperidine rings is 1. The Morgan fingerprint density at radius 3 is 2.20 bits per heavy atom. The Labute approximate surface area is 173 Å². The summed E-state index contributed by atoms with van der Waals surface area (Å²) in [5.41, 5.74) is 5.60. The van der Waals surface area contributed by atoms with Crippen LogP contribution in [0.5, 0.6) is 0 Å². The van der Waals surface area contributed by atoms with Crippen molar-refractivity contribution >= 4 is 27.7 Å². The van der Waals surface area contributed by atoms with Crippen LogP contribution in [0.3, 0.4) is 0 Å². The fraction of sp³-hybridized carbons (Fsp3) is 0.350. The van der Waals surface area contributed by atoms with Gasteiger partial charge in [-0.15, -0.1) is 0 Å². The summed E-state index contributed by atoms with van der Waals surface area (Å²) >= 11 is 0. The van der Waals surface area contributed by atoms with Gasteiger partial charge in [-0.2, -0.15) is 4.31 Å². The number of rotatable bonds is 3. The number of carbonyl (C=O) groups is 2. The van der Waals surface area contributed by atoms with Crippen LogP contribution in [0, 0.1) is 0 Å². The van der Waals surface area contributed by atoms with Gasteiger partial charge in [-0.3, -0.25) is 24.3 Å². The van der Waals surface area contributed by atoms with E-state index in [-0.39, 0.29) is 33.9 Å². The number of amides is 2. The molecule has 1 fully saturated rings. The van der Waals surface area contributed by atoms with E-state index in [4.69, 9.17) is 5.73 Å². The molecule has 3 N–H and O–H groups in total. The topological polar surface area (TPSA) is 132 Å². The van der Waals surface area contributed by atoms with E-state index < -0.39 is 27.4 Å². The van der Waals surface area contributed by atoms with Gasteiger partial charge in [0.2, 0.25) is 10.0 Å². The van der Waals surface area contributed by atoms with Crippen LogP contribution < -0.4 is 16.6 Å². The molecule has 0 saturated carbocycles. The number of fused-ring (bicyclic) bond motifs is 1. The number of nitrogens with zero attached hydrogens (tertiary/aromatic N) is 2. The maximum Gasteiger partial charge on any atom is 0.262 e. The van der Waals surface area contributed by atoms with E-state index in [9.17, 15) is 22.8 Å². The third-order valence-corrected chi connectivity index (χ3v) is 7.88. The van der Waals surface area contributed by atoms with Crippen molar-refractivity contribution in [2.45, 2.75) is 50.1 Å². The predicted molar refractivity (Wildman–Crippen MR) is 110 cm³/mol. The van der Waals surface area contributed by atoms with Gasteiger partial charge in [0.15, 0.2) is 0 Å². The van der Waals surface area contributed by atoms with E-state index in [0.717, 1.165) is 29.9 Å². The molecular formula is C20H22N4O5S. The summed E-state index contributed by atoms with van der Waals surface area (Å²) in [7, 11) is -3.70. The van der Waals surface area contributed by atoms with Crippen molar-refractivity contribution in [1.29, 1.82) is 0 Å². The number of benzene rings is 1. The third kappa shape index (κ3) is 3.03. The van der Waals surface area contributed by atoms with Crippen molar-refractivity contribution in [3.63, 3.8) is 0 Å². The number of imide groups is 1. The predicted octanol–water partition coefficient (Wildman–Crippen LogP) is 1.25. The van der Waals surface area contributed by atoms with Gasteiger partial charge in [-0.25, -0.2) is 8.42 Å². The van der Waals surface area contributed by atoms with Gasteiger partial charge in [0, 0.05) is 18.2 Å². The van der Waals surface area contributed by atoms with Crippen molar-refractivity contribution < 1.29 is 18.0 Å². The van der Waals surface area contributed by atoms with Crippen LogP contribution >= 0.6 is 0 Å². The van der Waals surface area contributed by atoms with Gasteiger partial charge in [0.05, 0.1) is 21.7 Å². The summed E-state index contributed by atoms with van der Waals surface area (Å²) in [5.74, 6) is -1.51. The molecule has 2 unspecified atom stereocenters. The summed E-state index contributed by atoms with van der Waals surface area (Å²) in [4.78, 5) is 36.4. The number of hydrogen-bond acceptors (Lipinski definition) is 6. The summed E-state index contributed by atoms with van der Waals surface area (Å²) in [6.45, 7) is 3.80. The first-order valence-electron chi connectivity index (χ1n) is 9.68. The molecule has 2 aromatic rings. The number of pyridine rings is 1. The number of carbonyl (C=O) groups excluding carboxylic acids is 2. The van der Waals surface area contributed by atoms with Gasteiger partial charge >= 0.3 is 0 Å². The minimum absolute atomic E-state index is 0.0627. The largest absolute Gasteiger partial charge is 0.384 e. The van der Waals surface area contributed by atoms with E-state index in [1.165, 1.54) is 28.6 Å². The summed E-state index contributed by atoms with van der Waals surface area (Å²) in [6.07, 6.45) is 2.61. The smallest absolute Gasteiger partial charge is 0.262 e. The molecule has 158 valence electrons. The highest BCUT2D eigenvalue weighted by molar-refractivity contribution is 7.89. The molecule has 2 aliphatic rings. The van der Waals surface area contributed by atoms with E-state index in [1.54, 1.807) is 0 Å². The Morgan fingerprint density at radius 2 is 1.60 bits per heavy atom. The molecule has 3 heterocycles. The number of anilines is 1. The van der Waals surface area contributed by atoms with Gasteiger partial charge in [-0.05, 0) is 51.0 Å². The van der Waals surface area contributed by atoms with Gasteiger partial charge in [0.25, 0.3) is 17.4 Å². The Balaban J connectivity index is 1.75. The zero-order valence-electron chi connectivity index (χ0n) is 16.6. The number of nitrogens with two attached hydrogens (primary N) is 1. The van der Waals surface area contributed by atoms with Crippen molar-refractivity contribution in [3.05, 3.63) is 51.8 Å². The Morgan fingerprint density at radius 1 is 1.00 bits per heavy atom. The molecule has 10 heteroatoms. The number of aromatic nitrogens is 1. The number of nitrogen functional groups attached to an aromatic ring is 1. The number of nitrogens with one attached hydrogen (secondary N) is 1. The molecule has 2 aliphatic heterocycles. The monoisotopic (exact) mass is 430 g/mol. The summed E-state index contributed by atoms with van der Waals surface area (Å²) in [5, 5.41) is 2.11. The average Bonchev–Trinajstić information content (AvgIpc) is 2.95. The maximum absolute atomic E-state index is 13.2. The van der Waals surface area contributed by atoms with E-state index in [2.05, 4.69) is 5.32 Å². The average molecular weight is 430 g/mol. The molecule has 4 rings (SSSR count).